The van der Waals surface area contributed by atoms with Gasteiger partial charge in [0.25, 0.3) is 5.88 Å². The molecule has 2 aromatic rings. The average molecular weight is 242 g/mol. The van der Waals surface area contributed by atoms with Crippen LogP contribution in [-0.2, 0) is 0 Å². The largest absolute Gasteiger partial charge is 0.493 e. The van der Waals surface area contributed by atoms with E-state index in [1.54, 1.807) is 18.2 Å². The topological polar surface area (TPSA) is 94.0 Å². The maximum Gasteiger partial charge on any atom is 0.262 e. The lowest BCUT2D eigenvalue weighted by molar-refractivity contribution is 0.374. The van der Waals surface area contributed by atoms with Gasteiger partial charge in [0.2, 0.25) is 0 Å². The van der Waals surface area contributed by atoms with Crippen molar-refractivity contribution in [3.63, 3.8) is 0 Å². The smallest absolute Gasteiger partial charge is 0.262 e. The zero-order valence-corrected chi connectivity index (χ0v) is 9.62. The van der Waals surface area contributed by atoms with Gasteiger partial charge in [0.05, 0.1) is 18.7 Å². The molecule has 6 nitrogen and oxygen atoms in total. The zero-order chi connectivity index (χ0) is 13.0. The summed E-state index contributed by atoms with van der Waals surface area (Å²) in [5.74, 6) is 1.23. The van der Waals surface area contributed by atoms with Crippen LogP contribution in [0.15, 0.2) is 30.6 Å². The molecule has 1 aromatic heterocycles. The van der Waals surface area contributed by atoms with Crippen molar-refractivity contribution < 1.29 is 9.47 Å². The minimum atomic E-state index is 0.184. The molecule has 6 heteroatoms. The van der Waals surface area contributed by atoms with E-state index in [0.717, 1.165) is 0 Å². The number of methoxy groups -OCH3 is 1. The molecule has 1 aromatic carbocycles. The molecule has 0 amide bonds. The Morgan fingerprint density at radius 3 is 2.67 bits per heavy atom. The monoisotopic (exact) mass is 242 g/mol. The Morgan fingerprint density at radius 1 is 1.22 bits per heavy atom. The second-order valence-corrected chi connectivity index (χ2v) is 3.33. The average Bonchev–Trinajstić information content (AvgIpc) is 2.41. The van der Waals surface area contributed by atoms with Crippen molar-refractivity contribution in [1.29, 1.82) is 5.26 Å². The third kappa shape index (κ3) is 2.30. The summed E-state index contributed by atoms with van der Waals surface area (Å²) in [5.41, 5.74) is 6.10. The number of nitrogen functional groups attached to an aromatic ring is 1. The van der Waals surface area contributed by atoms with Crippen molar-refractivity contribution in [2.24, 2.45) is 0 Å². The summed E-state index contributed by atoms with van der Waals surface area (Å²) < 4.78 is 10.6. The molecule has 90 valence electrons. The molecule has 2 N–H and O–H groups in total. The number of hydrogen-bond acceptors (Lipinski definition) is 6. The number of nitrogens with two attached hydrogens (primary N) is 1. The van der Waals surface area contributed by atoms with Crippen LogP contribution in [-0.4, -0.2) is 17.1 Å². The van der Waals surface area contributed by atoms with Gasteiger partial charge >= 0.3 is 0 Å². The fourth-order valence-corrected chi connectivity index (χ4v) is 1.34. The Hall–Kier alpha value is -2.81. The maximum absolute atomic E-state index is 8.79. The second kappa shape index (κ2) is 5.01. The summed E-state index contributed by atoms with van der Waals surface area (Å²) in [4.78, 5) is 7.82. The van der Waals surface area contributed by atoms with Gasteiger partial charge in [0.15, 0.2) is 17.3 Å². The van der Waals surface area contributed by atoms with Gasteiger partial charge in [-0.2, -0.15) is 5.26 Å². The van der Waals surface area contributed by atoms with Crippen molar-refractivity contribution in [3.05, 3.63) is 36.2 Å². The van der Waals surface area contributed by atoms with E-state index < -0.39 is 0 Å². The van der Waals surface area contributed by atoms with Gasteiger partial charge in [-0.15, -0.1) is 0 Å². The maximum atomic E-state index is 8.79. The minimum absolute atomic E-state index is 0.184. The highest BCUT2D eigenvalue weighted by atomic mass is 16.5. The van der Waals surface area contributed by atoms with Crippen LogP contribution in [0.5, 0.6) is 17.4 Å². The molecule has 0 aliphatic heterocycles. The van der Waals surface area contributed by atoms with E-state index in [4.69, 9.17) is 20.5 Å². The summed E-state index contributed by atoms with van der Waals surface area (Å²) in [5, 5.41) is 8.79. The number of ether oxygens (including phenoxy) is 2. The van der Waals surface area contributed by atoms with Crippen molar-refractivity contribution in [2.45, 2.75) is 0 Å². The molecule has 2 rings (SSSR count). The molecule has 0 fully saturated rings. The van der Waals surface area contributed by atoms with E-state index in [9.17, 15) is 0 Å². The summed E-state index contributed by atoms with van der Waals surface area (Å²) >= 11 is 0. The Balaban J connectivity index is 2.35. The summed E-state index contributed by atoms with van der Waals surface area (Å²) in [7, 11) is 1.49. The predicted molar refractivity (Wildman–Crippen MR) is 64.2 cm³/mol. The number of anilines is 1. The van der Waals surface area contributed by atoms with Crippen molar-refractivity contribution in [3.8, 4) is 23.4 Å². The lowest BCUT2D eigenvalue weighted by Crippen LogP contribution is -1.98. The van der Waals surface area contributed by atoms with E-state index in [0.29, 0.717) is 17.1 Å². The fraction of sp³-hybridized carbons (Fsp3) is 0.0833. The molecule has 0 atom stereocenters. The van der Waals surface area contributed by atoms with Crippen LogP contribution in [0.3, 0.4) is 0 Å². The number of hydrogen-bond donors (Lipinski definition) is 1. The van der Waals surface area contributed by atoms with Gasteiger partial charge in [-0.25, -0.2) is 9.97 Å². The molecular formula is C12H10N4O2. The third-order valence-corrected chi connectivity index (χ3v) is 2.19. The number of nitriles is 1. The van der Waals surface area contributed by atoms with Gasteiger partial charge in [0, 0.05) is 18.5 Å². The summed E-state index contributed by atoms with van der Waals surface area (Å²) in [6.45, 7) is 0. The van der Waals surface area contributed by atoms with Gasteiger partial charge in [0.1, 0.15) is 0 Å². The van der Waals surface area contributed by atoms with Crippen LogP contribution < -0.4 is 15.2 Å². The molecule has 0 radical (unpaired) electrons. The first-order valence-corrected chi connectivity index (χ1v) is 5.07. The lowest BCUT2D eigenvalue weighted by atomic mass is 10.2. The minimum Gasteiger partial charge on any atom is -0.493 e. The summed E-state index contributed by atoms with van der Waals surface area (Å²) in [6.07, 6.45) is 2.94. The van der Waals surface area contributed by atoms with Crippen molar-refractivity contribution >= 4 is 5.82 Å². The highest BCUT2D eigenvalue weighted by Crippen LogP contribution is 2.32. The molecule has 18 heavy (non-hydrogen) atoms. The van der Waals surface area contributed by atoms with Crippen LogP contribution >= 0.6 is 0 Å². The standard InChI is InChI=1S/C12H10N4O2/c1-17-10-6-8(7-13)2-3-9(10)18-12-11(14)15-4-5-16-12/h2-6H,1H3,(H2,14,15). The van der Waals surface area contributed by atoms with Gasteiger partial charge in [-0.1, -0.05) is 0 Å². The normalized spacial score (nSPS) is 9.56. The Bertz CT molecular complexity index is 607. The van der Waals surface area contributed by atoms with E-state index in [-0.39, 0.29) is 11.7 Å². The molecule has 0 saturated heterocycles. The Labute approximate surface area is 104 Å². The quantitative estimate of drug-likeness (QED) is 0.880. The van der Waals surface area contributed by atoms with Crippen LogP contribution in [0.25, 0.3) is 0 Å². The second-order valence-electron chi connectivity index (χ2n) is 3.33. The van der Waals surface area contributed by atoms with Crippen LogP contribution in [0.1, 0.15) is 5.56 Å². The number of benzene rings is 1. The third-order valence-electron chi connectivity index (χ3n) is 2.19. The van der Waals surface area contributed by atoms with Crippen LogP contribution in [0, 0.1) is 11.3 Å². The van der Waals surface area contributed by atoms with Gasteiger partial charge in [-0.05, 0) is 12.1 Å². The lowest BCUT2D eigenvalue weighted by Gasteiger charge is -2.10. The molecule has 0 spiro atoms. The zero-order valence-electron chi connectivity index (χ0n) is 9.62. The first-order chi connectivity index (χ1) is 8.74. The molecule has 0 saturated carbocycles. The highest BCUT2D eigenvalue weighted by Gasteiger charge is 2.10. The van der Waals surface area contributed by atoms with Gasteiger partial charge in [-0.3, -0.25) is 0 Å². The van der Waals surface area contributed by atoms with Crippen molar-refractivity contribution in [1.82, 2.24) is 9.97 Å². The van der Waals surface area contributed by atoms with E-state index in [1.165, 1.54) is 19.5 Å². The highest BCUT2D eigenvalue weighted by molar-refractivity contribution is 5.50. The predicted octanol–water partition coefficient (Wildman–Crippen LogP) is 1.73. The van der Waals surface area contributed by atoms with E-state index >= 15 is 0 Å². The first kappa shape index (κ1) is 11.7. The molecular weight excluding hydrogens is 232 g/mol. The molecule has 0 aliphatic rings. The van der Waals surface area contributed by atoms with Gasteiger partial charge < -0.3 is 15.2 Å². The Morgan fingerprint density at radius 2 is 2.00 bits per heavy atom. The molecule has 0 bridgehead atoms. The molecule has 0 aliphatic carbocycles. The number of rotatable bonds is 3. The van der Waals surface area contributed by atoms with E-state index in [1.807, 2.05) is 6.07 Å². The summed E-state index contributed by atoms with van der Waals surface area (Å²) in [6, 6.07) is 6.82. The van der Waals surface area contributed by atoms with Crippen LogP contribution in [0.2, 0.25) is 0 Å². The van der Waals surface area contributed by atoms with E-state index in [2.05, 4.69) is 9.97 Å². The number of nitrogens with zero attached hydrogens (tertiary/aromatic N) is 3. The van der Waals surface area contributed by atoms with Crippen LogP contribution in [0.4, 0.5) is 5.82 Å². The van der Waals surface area contributed by atoms with Crippen molar-refractivity contribution in [2.75, 3.05) is 12.8 Å². The number of aromatic nitrogens is 2. The fourth-order valence-electron chi connectivity index (χ4n) is 1.34. The molecule has 0 unspecified atom stereocenters. The SMILES string of the molecule is COc1cc(C#N)ccc1Oc1nccnc1N. The Kier molecular flexibility index (Phi) is 3.25. The first-order valence-electron chi connectivity index (χ1n) is 5.07. The molecule has 1 heterocycles.